The van der Waals surface area contributed by atoms with Crippen LogP contribution in [-0.2, 0) is 7.05 Å². The lowest BCUT2D eigenvalue weighted by molar-refractivity contribution is 0.0922. The molecule has 1 N–H and O–H groups in total. The second-order valence-corrected chi connectivity index (χ2v) is 6.85. The van der Waals surface area contributed by atoms with Gasteiger partial charge >= 0.3 is 0 Å². The van der Waals surface area contributed by atoms with Crippen LogP contribution in [0.5, 0.6) is 0 Å². The van der Waals surface area contributed by atoms with Gasteiger partial charge in [0.25, 0.3) is 11.5 Å². The number of hydrogen-bond acceptors (Lipinski definition) is 3. The van der Waals surface area contributed by atoms with E-state index in [1.54, 1.807) is 30.6 Å². The summed E-state index contributed by atoms with van der Waals surface area (Å²) < 4.78 is 1.46. The van der Waals surface area contributed by atoms with E-state index in [1.165, 1.54) is 28.4 Å². The zero-order valence-electron chi connectivity index (χ0n) is 12.6. The molecule has 0 spiro atoms. The zero-order chi connectivity index (χ0) is 15.5. The van der Waals surface area contributed by atoms with Crippen molar-refractivity contribution in [1.29, 1.82) is 0 Å². The Balaban J connectivity index is 1.81. The lowest BCUT2D eigenvalue weighted by Gasteiger charge is -2.23. The van der Waals surface area contributed by atoms with Crippen LogP contribution in [0.2, 0.25) is 0 Å². The third-order valence-electron chi connectivity index (χ3n) is 4.37. The molecule has 0 radical (unpaired) electrons. The number of hydrogen-bond donors (Lipinski definition) is 1. The van der Waals surface area contributed by atoms with Gasteiger partial charge in [-0.3, -0.25) is 9.59 Å². The Bertz CT molecular complexity index is 700. The SMILES string of the molecule is Cn1ccc(C(=O)N[C@@H](c2cccs2)C2CCCC2)cc1=O. The highest BCUT2D eigenvalue weighted by atomic mass is 32.1. The normalized spacial score (nSPS) is 16.6. The highest BCUT2D eigenvalue weighted by molar-refractivity contribution is 7.10. The lowest BCUT2D eigenvalue weighted by Crippen LogP contribution is -2.33. The molecule has 1 atom stereocenters. The van der Waals surface area contributed by atoms with Gasteiger partial charge in [-0.15, -0.1) is 11.3 Å². The van der Waals surface area contributed by atoms with Crippen LogP contribution in [0.25, 0.3) is 0 Å². The molecule has 1 aliphatic rings. The molecule has 1 fully saturated rings. The maximum absolute atomic E-state index is 12.5. The average molecular weight is 316 g/mol. The summed E-state index contributed by atoms with van der Waals surface area (Å²) in [4.78, 5) is 25.4. The number of thiophene rings is 1. The van der Waals surface area contributed by atoms with Crippen LogP contribution in [0.1, 0.15) is 47.0 Å². The monoisotopic (exact) mass is 316 g/mol. The zero-order valence-corrected chi connectivity index (χ0v) is 13.4. The molecule has 22 heavy (non-hydrogen) atoms. The summed E-state index contributed by atoms with van der Waals surface area (Å²) in [5.41, 5.74) is 0.267. The van der Waals surface area contributed by atoms with Gasteiger partial charge in [-0.1, -0.05) is 18.9 Å². The topological polar surface area (TPSA) is 51.1 Å². The molecule has 0 unspecified atom stereocenters. The first-order valence-electron chi connectivity index (χ1n) is 7.66. The quantitative estimate of drug-likeness (QED) is 0.942. The van der Waals surface area contributed by atoms with Crippen molar-refractivity contribution in [3.63, 3.8) is 0 Å². The second-order valence-electron chi connectivity index (χ2n) is 5.88. The standard InChI is InChI=1S/C17H20N2O2S/c1-19-9-8-13(11-15(19)20)17(21)18-16(12-5-2-3-6-12)14-7-4-10-22-14/h4,7-12,16H,2-3,5-6H2,1H3,(H,18,21)/t16-/m1/s1. The van der Waals surface area contributed by atoms with E-state index in [0.29, 0.717) is 11.5 Å². The Hall–Kier alpha value is -1.88. The van der Waals surface area contributed by atoms with Crippen LogP contribution in [-0.4, -0.2) is 10.5 Å². The first-order valence-corrected chi connectivity index (χ1v) is 8.54. The summed E-state index contributed by atoms with van der Waals surface area (Å²) in [6.45, 7) is 0. The molecule has 0 saturated heterocycles. The first kappa shape index (κ1) is 15.0. The molecule has 4 nitrogen and oxygen atoms in total. The Morgan fingerprint density at radius 2 is 2.14 bits per heavy atom. The summed E-state index contributed by atoms with van der Waals surface area (Å²) in [7, 11) is 1.68. The smallest absolute Gasteiger partial charge is 0.252 e. The van der Waals surface area contributed by atoms with Crippen LogP contribution < -0.4 is 10.9 Å². The molecule has 1 saturated carbocycles. The molecule has 0 bridgehead atoms. The second kappa shape index (κ2) is 6.48. The van der Waals surface area contributed by atoms with Crippen molar-refractivity contribution in [2.45, 2.75) is 31.7 Å². The van der Waals surface area contributed by atoms with E-state index < -0.39 is 0 Å². The van der Waals surface area contributed by atoms with Crippen molar-refractivity contribution >= 4 is 17.2 Å². The van der Waals surface area contributed by atoms with Gasteiger partial charge < -0.3 is 9.88 Å². The number of nitrogens with zero attached hydrogens (tertiary/aromatic N) is 1. The maximum Gasteiger partial charge on any atom is 0.252 e. The van der Waals surface area contributed by atoms with Crippen LogP contribution >= 0.6 is 11.3 Å². The van der Waals surface area contributed by atoms with E-state index in [1.807, 2.05) is 11.4 Å². The molecule has 116 valence electrons. The van der Waals surface area contributed by atoms with Crippen molar-refractivity contribution in [3.05, 3.63) is 56.6 Å². The summed E-state index contributed by atoms with van der Waals surface area (Å²) in [5, 5.41) is 5.19. The number of rotatable bonds is 4. The van der Waals surface area contributed by atoms with E-state index in [0.717, 1.165) is 12.8 Å². The fourth-order valence-electron chi connectivity index (χ4n) is 3.09. The summed E-state index contributed by atoms with van der Waals surface area (Å²) in [6, 6.07) is 7.25. The number of aromatic nitrogens is 1. The number of carbonyl (C=O) groups excluding carboxylic acids is 1. The number of nitrogens with one attached hydrogen (secondary N) is 1. The highest BCUT2D eigenvalue weighted by Gasteiger charge is 2.28. The number of amides is 1. The van der Waals surface area contributed by atoms with Gasteiger partial charge in [-0.25, -0.2) is 0 Å². The van der Waals surface area contributed by atoms with Gasteiger partial charge in [0.05, 0.1) is 6.04 Å². The molecule has 0 aromatic carbocycles. The average Bonchev–Trinajstić information content (AvgIpc) is 3.20. The minimum absolute atomic E-state index is 0.0547. The van der Waals surface area contributed by atoms with E-state index in [4.69, 9.17) is 0 Å². The third kappa shape index (κ3) is 3.14. The summed E-state index contributed by atoms with van der Waals surface area (Å²) >= 11 is 1.68. The van der Waals surface area contributed by atoms with Gasteiger partial charge in [0, 0.05) is 29.8 Å². The molecular weight excluding hydrogens is 296 g/mol. The molecular formula is C17H20N2O2S. The summed E-state index contributed by atoms with van der Waals surface area (Å²) in [5.74, 6) is 0.331. The van der Waals surface area contributed by atoms with Crippen molar-refractivity contribution < 1.29 is 4.79 Å². The molecule has 5 heteroatoms. The first-order chi connectivity index (χ1) is 10.6. The van der Waals surface area contributed by atoms with Crippen LogP contribution in [0.15, 0.2) is 40.6 Å². The fourth-order valence-corrected chi connectivity index (χ4v) is 3.96. The predicted molar refractivity (Wildman–Crippen MR) is 88.2 cm³/mol. The van der Waals surface area contributed by atoms with Crippen molar-refractivity contribution in [3.8, 4) is 0 Å². The van der Waals surface area contributed by atoms with Gasteiger partial charge in [-0.2, -0.15) is 0 Å². The third-order valence-corrected chi connectivity index (χ3v) is 5.33. The van der Waals surface area contributed by atoms with Gasteiger partial charge in [-0.05, 0) is 36.3 Å². The fraction of sp³-hybridized carbons (Fsp3) is 0.412. The van der Waals surface area contributed by atoms with Gasteiger partial charge in [0.2, 0.25) is 0 Å². The number of carbonyl (C=O) groups is 1. The molecule has 1 amide bonds. The van der Waals surface area contributed by atoms with Crippen LogP contribution in [0.4, 0.5) is 0 Å². The van der Waals surface area contributed by atoms with Crippen LogP contribution in [0, 0.1) is 5.92 Å². The van der Waals surface area contributed by atoms with E-state index in [2.05, 4.69) is 11.4 Å². The number of aryl methyl sites for hydroxylation is 1. The Labute approximate surface area is 133 Å². The predicted octanol–water partition coefficient (Wildman–Crippen LogP) is 3.11. The highest BCUT2D eigenvalue weighted by Crippen LogP contribution is 2.37. The molecule has 2 aromatic rings. The van der Waals surface area contributed by atoms with Gasteiger partial charge in [0.1, 0.15) is 0 Å². The molecule has 3 rings (SSSR count). The number of pyridine rings is 1. The van der Waals surface area contributed by atoms with E-state index >= 15 is 0 Å². The van der Waals surface area contributed by atoms with Gasteiger partial charge in [0.15, 0.2) is 0 Å². The minimum Gasteiger partial charge on any atom is -0.344 e. The largest absolute Gasteiger partial charge is 0.344 e. The minimum atomic E-state index is -0.166. The Morgan fingerprint density at radius 3 is 2.77 bits per heavy atom. The maximum atomic E-state index is 12.5. The van der Waals surface area contributed by atoms with Crippen molar-refractivity contribution in [2.24, 2.45) is 13.0 Å². The summed E-state index contributed by atoms with van der Waals surface area (Å²) in [6.07, 6.45) is 6.40. The lowest BCUT2D eigenvalue weighted by atomic mass is 9.96. The Morgan fingerprint density at radius 1 is 1.36 bits per heavy atom. The van der Waals surface area contributed by atoms with E-state index in [9.17, 15) is 9.59 Å². The molecule has 1 aliphatic carbocycles. The molecule has 2 aromatic heterocycles. The van der Waals surface area contributed by atoms with E-state index in [-0.39, 0.29) is 17.5 Å². The Kier molecular flexibility index (Phi) is 4.43. The van der Waals surface area contributed by atoms with Crippen LogP contribution in [0.3, 0.4) is 0 Å². The van der Waals surface area contributed by atoms with Crippen molar-refractivity contribution in [2.75, 3.05) is 0 Å². The molecule has 2 heterocycles. The van der Waals surface area contributed by atoms with Crippen molar-refractivity contribution in [1.82, 2.24) is 9.88 Å². The molecule has 0 aliphatic heterocycles.